The first kappa shape index (κ1) is 54.7. The number of thiazole rings is 1. The van der Waals surface area contributed by atoms with Crippen molar-refractivity contribution in [1.82, 2.24) is 53.8 Å². The second kappa shape index (κ2) is 23.7. The molecule has 3 aromatic heterocycles. The molecule has 0 saturated carbocycles. The monoisotopic (exact) mass is 1180 g/mol. The number of carbonyl (C=O) groups is 5. The van der Waals surface area contributed by atoms with Gasteiger partial charge < -0.3 is 19.9 Å². The number of aliphatic hydroxyl groups excluding tert-OH is 1. The Morgan fingerprint density at radius 3 is 2.47 bits per heavy atom. The predicted molar refractivity (Wildman–Crippen MR) is 277 cm³/mol. The van der Waals surface area contributed by atoms with E-state index in [1.54, 1.807) is 34.3 Å². The second-order valence-electron chi connectivity index (χ2n) is 20.9. The van der Waals surface area contributed by atoms with Crippen LogP contribution in [0.3, 0.4) is 0 Å². The SMILES string of the molecule is CNC(=O)N1CCc2c(c(N3CCCc4cc(-c5cnn(CC(=O)NCC(=O)N[I-][C@H](C(=O)N6C[C@H](O)CC6CC(=O)NCc6ccc(-c7scnc7C)cc6)C(C)(C)C)c5)c(C(F)F)cc43)nn2C2CCOCC2)C1. The van der Waals surface area contributed by atoms with E-state index in [0.717, 1.165) is 57.8 Å². The summed E-state index contributed by atoms with van der Waals surface area (Å²) in [5.41, 5.74) is 8.18. The normalized spacial score (nSPS) is 18.4. The minimum absolute atomic E-state index is 0.0145. The van der Waals surface area contributed by atoms with Crippen molar-refractivity contribution in [1.29, 1.82) is 0 Å². The number of urea groups is 1. The zero-order valence-corrected chi connectivity index (χ0v) is 46.4. The van der Waals surface area contributed by atoms with E-state index in [1.165, 1.54) is 23.1 Å². The zero-order chi connectivity index (χ0) is 53.8. The summed E-state index contributed by atoms with van der Waals surface area (Å²) in [5.74, 6) is -0.839. The Labute approximate surface area is 455 Å². The van der Waals surface area contributed by atoms with Crippen molar-refractivity contribution >= 4 is 52.5 Å². The summed E-state index contributed by atoms with van der Waals surface area (Å²) in [6, 6.07) is 10.7. The molecule has 0 bridgehead atoms. The van der Waals surface area contributed by atoms with Crippen LogP contribution in [0.2, 0.25) is 0 Å². The summed E-state index contributed by atoms with van der Waals surface area (Å²) < 4.78 is 41.6. The molecular weight excluding hydrogens is 1110 g/mol. The van der Waals surface area contributed by atoms with Crippen molar-refractivity contribution in [3.8, 4) is 21.6 Å². The van der Waals surface area contributed by atoms with Gasteiger partial charge in [0, 0.05) is 56.7 Å². The van der Waals surface area contributed by atoms with E-state index in [2.05, 4.69) is 34.2 Å². The van der Waals surface area contributed by atoms with E-state index >= 15 is 8.78 Å². The summed E-state index contributed by atoms with van der Waals surface area (Å²) in [4.78, 5) is 77.3. The van der Waals surface area contributed by atoms with Gasteiger partial charge in [0.25, 0.3) is 0 Å². The van der Waals surface area contributed by atoms with Gasteiger partial charge in [0.15, 0.2) is 5.82 Å². The molecule has 2 saturated heterocycles. The molecular formula is C53H66F2IN12O7S-. The number of carbonyl (C=O) groups excluding carboxylic acids is 5. The van der Waals surface area contributed by atoms with Crippen LogP contribution in [0, 0.1) is 12.3 Å². The summed E-state index contributed by atoms with van der Waals surface area (Å²) in [6.45, 7) is 10.1. The van der Waals surface area contributed by atoms with Gasteiger partial charge in [-0.05, 0) is 32.6 Å². The summed E-state index contributed by atoms with van der Waals surface area (Å²) in [5, 5.41) is 28.5. The fourth-order valence-electron chi connectivity index (χ4n) is 10.5. The number of anilines is 2. The van der Waals surface area contributed by atoms with Crippen molar-refractivity contribution in [2.45, 2.75) is 121 Å². The number of alkyl halides is 3. The van der Waals surface area contributed by atoms with Gasteiger partial charge in [-0.15, -0.1) is 11.3 Å². The Kier molecular flexibility index (Phi) is 17.1. The van der Waals surface area contributed by atoms with Crippen LogP contribution in [0.1, 0.15) is 99.0 Å². The zero-order valence-electron chi connectivity index (χ0n) is 43.4. The number of rotatable bonds is 16. The second-order valence-corrected chi connectivity index (χ2v) is 24.2. The smallest absolute Gasteiger partial charge is 0.381 e. The predicted octanol–water partition coefficient (Wildman–Crippen LogP) is 2.57. The molecule has 2 aromatic carbocycles. The first-order valence-corrected chi connectivity index (χ1v) is 29.0. The first-order valence-electron chi connectivity index (χ1n) is 25.8. The number of nitrogens with zero attached hydrogens (tertiary/aromatic N) is 8. The number of ether oxygens (including phenoxy) is 1. The molecule has 6 amide bonds. The number of aromatic nitrogens is 5. The van der Waals surface area contributed by atoms with Gasteiger partial charge in [-0.25, -0.2) is 18.6 Å². The van der Waals surface area contributed by atoms with Gasteiger partial charge >= 0.3 is 274 Å². The van der Waals surface area contributed by atoms with Gasteiger partial charge in [-0.3, -0.25) is 4.68 Å². The Balaban J connectivity index is 0.800. The van der Waals surface area contributed by atoms with E-state index < -0.39 is 61.2 Å². The van der Waals surface area contributed by atoms with Crippen molar-refractivity contribution in [3.05, 3.63) is 87.9 Å². The molecule has 4 aliphatic rings. The molecule has 23 heteroatoms. The Morgan fingerprint density at radius 2 is 1.76 bits per heavy atom. The number of benzene rings is 2. The van der Waals surface area contributed by atoms with Gasteiger partial charge in [-0.2, -0.15) is 5.10 Å². The van der Waals surface area contributed by atoms with Crippen LogP contribution in [0.15, 0.2) is 54.3 Å². The third-order valence-electron chi connectivity index (χ3n) is 14.5. The number of β-amino-alcohol motifs (C(OH)–C–C–N with tert-alkyl or cyclic N) is 1. The minimum atomic E-state index is -2.84. The summed E-state index contributed by atoms with van der Waals surface area (Å²) in [6.07, 6.45) is 3.25. The summed E-state index contributed by atoms with van der Waals surface area (Å²) >= 11 is 0.251. The number of hydrogen-bond acceptors (Lipinski definition) is 12. The molecule has 4 aliphatic heterocycles. The van der Waals surface area contributed by atoms with E-state index in [9.17, 15) is 29.1 Å². The Hall–Kier alpha value is -6.05. The number of nitrogens with one attached hydrogen (secondary N) is 4. The van der Waals surface area contributed by atoms with E-state index in [0.29, 0.717) is 74.9 Å². The number of aliphatic hydroxyl groups is 1. The molecule has 3 atom stereocenters. The number of amides is 6. The molecule has 2 fully saturated rings. The molecule has 76 heavy (non-hydrogen) atoms. The van der Waals surface area contributed by atoms with Crippen LogP contribution in [-0.2, 0) is 56.4 Å². The molecule has 5 N–H and O–H groups in total. The quantitative estimate of drug-likeness (QED) is 0.0549. The third-order valence-corrected chi connectivity index (χ3v) is 19.4. The molecule has 0 aliphatic carbocycles. The van der Waals surface area contributed by atoms with Crippen LogP contribution in [0.25, 0.3) is 21.6 Å². The molecule has 0 spiro atoms. The number of likely N-dealkylation sites (tertiary alicyclic amines) is 1. The maximum atomic E-state index is 15.1. The topological polar surface area (TPSA) is 221 Å². The van der Waals surface area contributed by atoms with Crippen LogP contribution >= 0.6 is 11.3 Å². The molecule has 19 nitrogen and oxygen atoms in total. The van der Waals surface area contributed by atoms with Crippen LogP contribution in [-0.4, -0.2) is 132 Å². The van der Waals surface area contributed by atoms with Gasteiger partial charge in [0.05, 0.1) is 28.7 Å². The van der Waals surface area contributed by atoms with Crippen molar-refractivity contribution in [2.24, 2.45) is 5.41 Å². The van der Waals surface area contributed by atoms with Gasteiger partial charge in [0.1, 0.15) is 0 Å². The Morgan fingerprint density at radius 1 is 0.987 bits per heavy atom. The van der Waals surface area contributed by atoms with Crippen molar-refractivity contribution < 1.29 is 64.1 Å². The fraction of sp³-hybridized carbons (Fsp3) is 0.509. The molecule has 9 rings (SSSR count). The van der Waals surface area contributed by atoms with Gasteiger partial charge in [-0.1, -0.05) is 0 Å². The van der Waals surface area contributed by atoms with Crippen LogP contribution in [0.4, 0.5) is 25.1 Å². The standard InChI is InChI=1S/C53H66F2IN12O7S/c1-31-47(76-30-60-31)33-10-8-32(9-11-33)23-58-44(70)21-37-20-38(69)27-67(37)51(73)48(53(2,3)4)56-62-45(71)25-59-46(72)29-65-26-35(24-61-65)39-19-34-7-6-15-66(43(34)22-40(39)49(54)55)50-41-28-64(52(74)57-5)16-12-42(41)68(63-50)36-13-17-75-18-14-36/h8-11,19,22,24,26,30,36-38,48-49,69H,6-7,12-18,20-21,23,25,27-29H2,1-5H3,(H,57,74)(H,58,70)(H,59,72)(H,62,71)/q-1/t37?,38-,48-/m1/s1. The number of halogens is 3. The fourth-order valence-corrected chi connectivity index (χ4v) is 13.8. The molecule has 7 heterocycles. The van der Waals surface area contributed by atoms with Gasteiger partial charge in [0.2, 0.25) is 0 Å². The van der Waals surface area contributed by atoms with E-state index in [1.807, 2.05) is 62.4 Å². The van der Waals surface area contributed by atoms with Crippen molar-refractivity contribution in [3.63, 3.8) is 0 Å². The molecule has 408 valence electrons. The minimum Gasteiger partial charge on any atom is -0.381 e. The number of fused-ring (bicyclic) bond motifs is 2. The Bertz CT molecular complexity index is 2940. The maximum absolute atomic E-state index is 15.1. The number of aryl methyl sites for hydroxylation is 2. The summed E-state index contributed by atoms with van der Waals surface area (Å²) in [7, 11) is 1.60. The average Bonchev–Trinajstić information content (AvgIpc) is 4.23. The van der Waals surface area contributed by atoms with Crippen molar-refractivity contribution in [2.75, 3.05) is 51.3 Å². The van der Waals surface area contributed by atoms with E-state index in [4.69, 9.17) is 9.84 Å². The first-order chi connectivity index (χ1) is 36.4. The molecule has 0 radical (unpaired) electrons. The average molecular weight is 1180 g/mol. The molecule has 1 unspecified atom stereocenters. The molecule has 5 aromatic rings. The third kappa shape index (κ3) is 12.4. The van der Waals surface area contributed by atoms with E-state index in [-0.39, 0.29) is 61.9 Å². The van der Waals surface area contributed by atoms with Crippen LogP contribution in [0.5, 0.6) is 0 Å². The number of hydrogen-bond donors (Lipinski definition) is 5. The van der Waals surface area contributed by atoms with Crippen LogP contribution < -0.4 is 45.9 Å².